The molecular formula is C32H26O. The Morgan fingerprint density at radius 1 is 0.545 bits per heavy atom. The van der Waals surface area contributed by atoms with Gasteiger partial charge < -0.3 is 4.42 Å². The summed E-state index contributed by atoms with van der Waals surface area (Å²) in [7, 11) is 0. The first-order valence-electron chi connectivity index (χ1n) is 11.5. The van der Waals surface area contributed by atoms with Crippen molar-refractivity contribution in [3.05, 3.63) is 109 Å². The summed E-state index contributed by atoms with van der Waals surface area (Å²) in [4.78, 5) is 0. The first kappa shape index (κ1) is 19.8. The molecule has 1 nitrogen and oxygen atoms in total. The summed E-state index contributed by atoms with van der Waals surface area (Å²) in [6.45, 7) is 6.78. The Labute approximate surface area is 194 Å². The largest absolute Gasteiger partial charge is 0.456 e. The lowest BCUT2D eigenvalue weighted by Crippen LogP contribution is -2.11. The molecule has 0 radical (unpaired) electrons. The third-order valence-electron chi connectivity index (χ3n) is 6.62. The molecule has 0 amide bonds. The SMILES string of the molecule is CC(C)(C)c1cc(-c2ccccc2-c2ccc3ccccc3c2)c2c(c1)oc1ccccc12. The van der Waals surface area contributed by atoms with E-state index in [9.17, 15) is 0 Å². The average molecular weight is 427 g/mol. The molecule has 0 spiro atoms. The summed E-state index contributed by atoms with van der Waals surface area (Å²) in [6.07, 6.45) is 0. The van der Waals surface area contributed by atoms with Crippen molar-refractivity contribution < 1.29 is 4.42 Å². The van der Waals surface area contributed by atoms with Gasteiger partial charge >= 0.3 is 0 Å². The lowest BCUT2D eigenvalue weighted by atomic mass is 9.83. The fourth-order valence-electron chi connectivity index (χ4n) is 4.83. The van der Waals surface area contributed by atoms with E-state index >= 15 is 0 Å². The first-order valence-corrected chi connectivity index (χ1v) is 11.5. The van der Waals surface area contributed by atoms with Crippen molar-refractivity contribution >= 4 is 32.7 Å². The zero-order chi connectivity index (χ0) is 22.6. The van der Waals surface area contributed by atoms with Crippen molar-refractivity contribution in [2.45, 2.75) is 26.2 Å². The van der Waals surface area contributed by atoms with E-state index in [2.05, 4.69) is 118 Å². The van der Waals surface area contributed by atoms with Crippen LogP contribution in [0.25, 0.3) is 55.0 Å². The fourth-order valence-corrected chi connectivity index (χ4v) is 4.83. The van der Waals surface area contributed by atoms with Crippen LogP contribution in [0.2, 0.25) is 0 Å². The van der Waals surface area contributed by atoms with Gasteiger partial charge in [0.2, 0.25) is 0 Å². The van der Waals surface area contributed by atoms with Crippen molar-refractivity contribution in [1.29, 1.82) is 0 Å². The van der Waals surface area contributed by atoms with Gasteiger partial charge in [0.05, 0.1) is 0 Å². The lowest BCUT2D eigenvalue weighted by molar-refractivity contribution is 0.588. The fraction of sp³-hybridized carbons (Fsp3) is 0.125. The quantitative estimate of drug-likeness (QED) is 0.269. The van der Waals surface area contributed by atoms with E-state index in [0.29, 0.717) is 0 Å². The Kier molecular flexibility index (Phi) is 4.41. The van der Waals surface area contributed by atoms with Crippen LogP contribution in [0.3, 0.4) is 0 Å². The Morgan fingerprint density at radius 2 is 1.24 bits per heavy atom. The molecule has 0 saturated carbocycles. The topological polar surface area (TPSA) is 13.1 Å². The van der Waals surface area contributed by atoms with Crippen LogP contribution in [0.15, 0.2) is 108 Å². The minimum Gasteiger partial charge on any atom is -0.456 e. The molecule has 0 aliphatic heterocycles. The molecule has 0 bridgehead atoms. The smallest absolute Gasteiger partial charge is 0.136 e. The van der Waals surface area contributed by atoms with E-state index in [-0.39, 0.29) is 5.41 Å². The number of fused-ring (bicyclic) bond motifs is 4. The Bertz CT molecular complexity index is 1640. The molecule has 1 heteroatoms. The molecule has 0 unspecified atom stereocenters. The summed E-state index contributed by atoms with van der Waals surface area (Å²) in [5, 5.41) is 4.87. The highest BCUT2D eigenvalue weighted by molar-refractivity contribution is 6.14. The van der Waals surface area contributed by atoms with Crippen molar-refractivity contribution in [2.75, 3.05) is 0 Å². The van der Waals surface area contributed by atoms with Gasteiger partial charge in [-0.3, -0.25) is 0 Å². The van der Waals surface area contributed by atoms with Crippen molar-refractivity contribution in [3.63, 3.8) is 0 Å². The predicted molar refractivity (Wildman–Crippen MR) is 141 cm³/mol. The Balaban J connectivity index is 1.69. The van der Waals surface area contributed by atoms with Crippen LogP contribution in [0.5, 0.6) is 0 Å². The molecule has 6 rings (SSSR count). The highest BCUT2D eigenvalue weighted by Gasteiger charge is 2.21. The highest BCUT2D eigenvalue weighted by Crippen LogP contribution is 2.43. The van der Waals surface area contributed by atoms with Gasteiger partial charge in [-0.05, 0) is 68.3 Å². The van der Waals surface area contributed by atoms with E-state index in [1.54, 1.807) is 0 Å². The van der Waals surface area contributed by atoms with Gasteiger partial charge in [-0.25, -0.2) is 0 Å². The van der Waals surface area contributed by atoms with Gasteiger partial charge in [-0.2, -0.15) is 0 Å². The van der Waals surface area contributed by atoms with Gasteiger partial charge in [-0.15, -0.1) is 0 Å². The molecule has 6 aromatic rings. The number of rotatable bonds is 2. The number of benzene rings is 5. The van der Waals surface area contributed by atoms with Crippen molar-refractivity contribution in [2.24, 2.45) is 0 Å². The van der Waals surface area contributed by atoms with Crippen LogP contribution in [-0.2, 0) is 5.41 Å². The molecule has 0 saturated heterocycles. The second-order valence-electron chi connectivity index (χ2n) is 9.85. The molecule has 0 atom stereocenters. The van der Waals surface area contributed by atoms with Gasteiger partial charge in [0.25, 0.3) is 0 Å². The van der Waals surface area contributed by atoms with Gasteiger partial charge in [-0.1, -0.05) is 99.6 Å². The number of hydrogen-bond acceptors (Lipinski definition) is 1. The minimum atomic E-state index is 0.0137. The summed E-state index contributed by atoms with van der Waals surface area (Å²) in [5.41, 5.74) is 8.10. The third-order valence-corrected chi connectivity index (χ3v) is 6.62. The van der Waals surface area contributed by atoms with E-state index in [0.717, 1.165) is 16.6 Å². The molecule has 0 fully saturated rings. The number of hydrogen-bond donors (Lipinski definition) is 0. The summed E-state index contributed by atoms with van der Waals surface area (Å²) < 4.78 is 6.35. The summed E-state index contributed by atoms with van der Waals surface area (Å²) >= 11 is 0. The van der Waals surface area contributed by atoms with Crippen LogP contribution >= 0.6 is 0 Å². The maximum atomic E-state index is 6.35. The lowest BCUT2D eigenvalue weighted by Gasteiger charge is -2.21. The van der Waals surface area contributed by atoms with Crippen molar-refractivity contribution in [1.82, 2.24) is 0 Å². The second-order valence-corrected chi connectivity index (χ2v) is 9.85. The minimum absolute atomic E-state index is 0.0137. The van der Waals surface area contributed by atoms with E-state index in [1.807, 2.05) is 6.07 Å². The Hall–Kier alpha value is -3.84. The maximum Gasteiger partial charge on any atom is 0.136 e. The standard InChI is InChI=1S/C32H26O/c1-32(2,3)24-19-28(31-27-14-8-9-15-29(27)33-30(31)20-24)26-13-7-6-12-25(26)23-17-16-21-10-4-5-11-22(21)18-23/h4-20H,1-3H3. The number of furan rings is 1. The van der Waals surface area contributed by atoms with Crippen LogP contribution in [0.4, 0.5) is 0 Å². The molecule has 5 aromatic carbocycles. The van der Waals surface area contributed by atoms with Crippen LogP contribution in [0, 0.1) is 0 Å². The molecule has 1 aromatic heterocycles. The third kappa shape index (κ3) is 3.32. The van der Waals surface area contributed by atoms with Gasteiger partial charge in [0.1, 0.15) is 11.2 Å². The molecule has 0 aliphatic carbocycles. The van der Waals surface area contributed by atoms with E-state index < -0.39 is 0 Å². The predicted octanol–water partition coefficient (Wildman–Crippen LogP) is 9.37. The van der Waals surface area contributed by atoms with E-state index in [4.69, 9.17) is 4.42 Å². The molecule has 1 heterocycles. The molecule has 0 N–H and O–H groups in total. The molecule has 160 valence electrons. The summed E-state index contributed by atoms with van der Waals surface area (Å²) in [6, 6.07) is 37.0. The highest BCUT2D eigenvalue weighted by atomic mass is 16.3. The molecular weight excluding hydrogens is 400 g/mol. The first-order chi connectivity index (χ1) is 16.0. The summed E-state index contributed by atoms with van der Waals surface area (Å²) in [5.74, 6) is 0. The normalized spacial score (nSPS) is 12.1. The van der Waals surface area contributed by atoms with Gasteiger partial charge in [0.15, 0.2) is 0 Å². The van der Waals surface area contributed by atoms with Crippen LogP contribution in [-0.4, -0.2) is 0 Å². The zero-order valence-corrected chi connectivity index (χ0v) is 19.2. The van der Waals surface area contributed by atoms with Gasteiger partial charge in [0, 0.05) is 10.8 Å². The molecule has 33 heavy (non-hydrogen) atoms. The van der Waals surface area contributed by atoms with E-state index in [1.165, 1.54) is 44.0 Å². The van der Waals surface area contributed by atoms with Crippen molar-refractivity contribution in [3.8, 4) is 22.3 Å². The molecule has 0 aliphatic rings. The average Bonchev–Trinajstić information content (AvgIpc) is 3.21. The van der Waals surface area contributed by atoms with Crippen LogP contribution < -0.4 is 0 Å². The monoisotopic (exact) mass is 426 g/mol. The van der Waals surface area contributed by atoms with Crippen LogP contribution in [0.1, 0.15) is 26.3 Å². The second kappa shape index (κ2) is 7.35. The Morgan fingerprint density at radius 3 is 2.06 bits per heavy atom. The number of para-hydroxylation sites is 1. The zero-order valence-electron chi connectivity index (χ0n) is 19.2. The maximum absolute atomic E-state index is 6.35.